The fraction of sp³-hybridized carbons (Fsp3) is 0.105. The zero-order chi connectivity index (χ0) is 17.8. The Morgan fingerprint density at radius 1 is 1.08 bits per heavy atom. The van der Waals surface area contributed by atoms with Crippen molar-refractivity contribution in [1.82, 2.24) is 9.78 Å². The zero-order valence-corrected chi connectivity index (χ0v) is 13.6. The van der Waals surface area contributed by atoms with E-state index >= 15 is 0 Å². The first kappa shape index (κ1) is 16.4. The van der Waals surface area contributed by atoms with Crippen molar-refractivity contribution in [3.8, 4) is 5.69 Å². The summed E-state index contributed by atoms with van der Waals surface area (Å²) in [6.45, 7) is 1.92. The summed E-state index contributed by atoms with van der Waals surface area (Å²) in [5, 5.41) is 16.3. The Balaban J connectivity index is 1.68. The second-order valence-electron chi connectivity index (χ2n) is 5.64. The van der Waals surface area contributed by atoms with Crippen LogP contribution in [-0.2, 0) is 11.2 Å². The Morgan fingerprint density at radius 3 is 2.44 bits per heavy atom. The van der Waals surface area contributed by atoms with E-state index < -0.39 is 5.97 Å². The summed E-state index contributed by atoms with van der Waals surface area (Å²) in [5.74, 6) is -1.31. The minimum Gasteiger partial charge on any atom is -0.478 e. The molecular weight excluding hydrogens is 318 g/mol. The number of aromatic carboxylic acids is 1. The van der Waals surface area contributed by atoms with Gasteiger partial charge >= 0.3 is 5.97 Å². The first-order valence-electron chi connectivity index (χ1n) is 7.77. The SMILES string of the molecule is Cc1ccn(-c2ccc(NC(=O)Cc3ccccc3C(=O)O)cc2)n1. The van der Waals surface area contributed by atoms with E-state index in [-0.39, 0.29) is 17.9 Å². The van der Waals surface area contributed by atoms with Crippen LogP contribution in [0.25, 0.3) is 5.69 Å². The van der Waals surface area contributed by atoms with Gasteiger partial charge in [-0.2, -0.15) is 5.10 Å². The molecule has 0 fully saturated rings. The van der Waals surface area contributed by atoms with Gasteiger partial charge in [-0.15, -0.1) is 0 Å². The third kappa shape index (κ3) is 3.92. The Bertz CT molecular complexity index is 914. The molecule has 25 heavy (non-hydrogen) atoms. The van der Waals surface area contributed by atoms with Crippen LogP contribution in [-0.4, -0.2) is 26.8 Å². The third-order valence-corrected chi connectivity index (χ3v) is 3.74. The van der Waals surface area contributed by atoms with Gasteiger partial charge in [-0.05, 0) is 48.9 Å². The molecule has 0 spiro atoms. The quantitative estimate of drug-likeness (QED) is 0.750. The predicted molar refractivity (Wildman–Crippen MR) is 94.0 cm³/mol. The van der Waals surface area contributed by atoms with Crippen LogP contribution in [0.2, 0.25) is 0 Å². The van der Waals surface area contributed by atoms with Crippen molar-refractivity contribution in [1.29, 1.82) is 0 Å². The van der Waals surface area contributed by atoms with Gasteiger partial charge in [-0.3, -0.25) is 4.79 Å². The number of carboxylic acid groups (broad SMARTS) is 1. The van der Waals surface area contributed by atoms with Crippen LogP contribution < -0.4 is 5.32 Å². The van der Waals surface area contributed by atoms with Crippen LogP contribution in [0.5, 0.6) is 0 Å². The van der Waals surface area contributed by atoms with E-state index in [1.165, 1.54) is 6.07 Å². The van der Waals surface area contributed by atoms with Gasteiger partial charge < -0.3 is 10.4 Å². The Morgan fingerprint density at radius 2 is 1.80 bits per heavy atom. The second-order valence-corrected chi connectivity index (χ2v) is 5.64. The third-order valence-electron chi connectivity index (χ3n) is 3.74. The smallest absolute Gasteiger partial charge is 0.335 e. The lowest BCUT2D eigenvalue weighted by Crippen LogP contribution is -2.16. The van der Waals surface area contributed by atoms with Crippen molar-refractivity contribution in [3.63, 3.8) is 0 Å². The van der Waals surface area contributed by atoms with E-state index in [0.29, 0.717) is 11.3 Å². The lowest BCUT2D eigenvalue weighted by molar-refractivity contribution is -0.115. The van der Waals surface area contributed by atoms with Crippen molar-refractivity contribution >= 4 is 17.6 Å². The summed E-state index contributed by atoms with van der Waals surface area (Å²) in [6.07, 6.45) is 1.87. The van der Waals surface area contributed by atoms with Gasteiger partial charge in [0.05, 0.1) is 23.4 Å². The molecule has 0 bridgehead atoms. The Hall–Kier alpha value is -3.41. The summed E-state index contributed by atoms with van der Waals surface area (Å²) in [4.78, 5) is 23.4. The normalized spacial score (nSPS) is 10.4. The number of hydrogen-bond acceptors (Lipinski definition) is 3. The highest BCUT2D eigenvalue weighted by atomic mass is 16.4. The van der Waals surface area contributed by atoms with E-state index in [9.17, 15) is 9.59 Å². The number of nitrogens with zero attached hydrogens (tertiary/aromatic N) is 2. The van der Waals surface area contributed by atoms with E-state index in [1.54, 1.807) is 35.0 Å². The van der Waals surface area contributed by atoms with Gasteiger partial charge in [-0.1, -0.05) is 18.2 Å². The van der Waals surface area contributed by atoms with Crippen LogP contribution in [0.4, 0.5) is 5.69 Å². The standard InChI is InChI=1S/C19H17N3O3/c1-13-10-11-22(21-13)16-8-6-15(7-9-16)20-18(23)12-14-4-2-3-5-17(14)19(24)25/h2-11H,12H2,1H3,(H,20,23)(H,24,25). The Kier molecular flexibility index (Phi) is 4.61. The van der Waals surface area contributed by atoms with E-state index in [1.807, 2.05) is 31.3 Å². The Labute approximate surface area is 144 Å². The number of carbonyl (C=O) groups is 2. The molecular formula is C19H17N3O3. The van der Waals surface area contributed by atoms with Gasteiger partial charge in [0.2, 0.25) is 5.91 Å². The number of hydrogen-bond donors (Lipinski definition) is 2. The molecule has 0 radical (unpaired) electrons. The minimum absolute atomic E-state index is 0.00256. The fourth-order valence-electron chi connectivity index (χ4n) is 2.52. The van der Waals surface area contributed by atoms with Gasteiger partial charge in [0.1, 0.15) is 0 Å². The van der Waals surface area contributed by atoms with Gasteiger partial charge in [0.15, 0.2) is 0 Å². The van der Waals surface area contributed by atoms with Crippen molar-refractivity contribution in [3.05, 3.63) is 77.6 Å². The number of carboxylic acids is 1. The highest BCUT2D eigenvalue weighted by Gasteiger charge is 2.12. The predicted octanol–water partition coefficient (Wildman–Crippen LogP) is 3.06. The first-order chi connectivity index (χ1) is 12.0. The maximum absolute atomic E-state index is 12.2. The molecule has 2 N–H and O–H groups in total. The first-order valence-corrected chi connectivity index (χ1v) is 7.77. The molecule has 2 aromatic carbocycles. The fourth-order valence-corrected chi connectivity index (χ4v) is 2.52. The van der Waals surface area contributed by atoms with E-state index in [0.717, 1.165) is 11.4 Å². The van der Waals surface area contributed by atoms with E-state index in [4.69, 9.17) is 5.11 Å². The number of amides is 1. The van der Waals surface area contributed by atoms with Crippen LogP contribution in [0, 0.1) is 6.92 Å². The molecule has 6 heteroatoms. The number of anilines is 1. The van der Waals surface area contributed by atoms with Crippen molar-refractivity contribution in [2.24, 2.45) is 0 Å². The van der Waals surface area contributed by atoms with Crippen LogP contribution in [0.1, 0.15) is 21.6 Å². The number of aryl methyl sites for hydroxylation is 1. The molecule has 0 aliphatic rings. The number of aromatic nitrogens is 2. The molecule has 0 atom stereocenters. The van der Waals surface area contributed by atoms with Gasteiger partial charge in [0.25, 0.3) is 0 Å². The topological polar surface area (TPSA) is 84.2 Å². The summed E-state index contributed by atoms with van der Waals surface area (Å²) in [7, 11) is 0. The lowest BCUT2D eigenvalue weighted by atomic mass is 10.0. The lowest BCUT2D eigenvalue weighted by Gasteiger charge is -2.08. The van der Waals surface area contributed by atoms with Gasteiger partial charge in [-0.25, -0.2) is 9.48 Å². The van der Waals surface area contributed by atoms with Gasteiger partial charge in [0, 0.05) is 11.9 Å². The molecule has 6 nitrogen and oxygen atoms in total. The molecule has 1 heterocycles. The molecule has 0 saturated carbocycles. The second kappa shape index (κ2) is 7.00. The highest BCUT2D eigenvalue weighted by Crippen LogP contribution is 2.15. The molecule has 3 aromatic rings. The molecule has 0 aliphatic heterocycles. The molecule has 0 unspecified atom stereocenters. The van der Waals surface area contributed by atoms with Crippen LogP contribution in [0.3, 0.4) is 0 Å². The van der Waals surface area contributed by atoms with Crippen molar-refractivity contribution < 1.29 is 14.7 Å². The minimum atomic E-state index is -1.04. The monoisotopic (exact) mass is 335 g/mol. The summed E-state index contributed by atoms with van der Waals surface area (Å²) < 4.78 is 1.75. The molecule has 0 saturated heterocycles. The number of benzene rings is 2. The summed E-state index contributed by atoms with van der Waals surface area (Å²) in [6, 6.07) is 15.7. The van der Waals surface area contributed by atoms with Crippen LogP contribution in [0.15, 0.2) is 60.8 Å². The summed E-state index contributed by atoms with van der Waals surface area (Å²) >= 11 is 0. The largest absolute Gasteiger partial charge is 0.478 e. The zero-order valence-electron chi connectivity index (χ0n) is 13.6. The van der Waals surface area contributed by atoms with E-state index in [2.05, 4.69) is 10.4 Å². The molecule has 1 amide bonds. The molecule has 3 rings (SSSR count). The number of rotatable bonds is 5. The molecule has 1 aromatic heterocycles. The van der Waals surface area contributed by atoms with Crippen LogP contribution >= 0.6 is 0 Å². The average molecular weight is 335 g/mol. The molecule has 126 valence electrons. The highest BCUT2D eigenvalue weighted by molar-refractivity contribution is 5.96. The molecule has 0 aliphatic carbocycles. The number of carbonyl (C=O) groups excluding carboxylic acids is 1. The van der Waals surface area contributed by atoms with Crippen molar-refractivity contribution in [2.75, 3.05) is 5.32 Å². The maximum atomic E-state index is 12.2. The van der Waals surface area contributed by atoms with Crippen molar-refractivity contribution in [2.45, 2.75) is 13.3 Å². The average Bonchev–Trinajstić information content (AvgIpc) is 3.02. The summed E-state index contributed by atoms with van der Waals surface area (Å²) in [5.41, 5.74) is 3.08. The maximum Gasteiger partial charge on any atom is 0.335 e. The number of nitrogens with one attached hydrogen (secondary N) is 1.